The molecule has 2 rings (SSSR count). The van der Waals surface area contributed by atoms with Gasteiger partial charge in [-0.1, -0.05) is 0 Å². The maximum absolute atomic E-state index is 12.8. The predicted molar refractivity (Wildman–Crippen MR) is 70.9 cm³/mol. The molecule has 0 bridgehead atoms. The van der Waals surface area contributed by atoms with E-state index in [2.05, 4.69) is 9.69 Å². The summed E-state index contributed by atoms with van der Waals surface area (Å²) in [5, 5.41) is 2.84. The second-order valence-electron chi connectivity index (χ2n) is 4.65. The molecule has 1 unspecified atom stereocenters. The van der Waals surface area contributed by atoms with E-state index in [1.807, 2.05) is 0 Å². The fourth-order valence-corrected chi connectivity index (χ4v) is 3.12. The number of carbonyl (C=O) groups excluding carboxylic acids is 1. The van der Waals surface area contributed by atoms with Crippen LogP contribution in [0, 0.1) is 5.92 Å². The molecule has 1 aliphatic rings. The van der Waals surface area contributed by atoms with E-state index in [1.165, 1.54) is 7.05 Å². The summed E-state index contributed by atoms with van der Waals surface area (Å²) >= 11 is 0.962. The molecule has 1 aromatic rings. The number of hydrogen-bond acceptors (Lipinski definition) is 5. The van der Waals surface area contributed by atoms with Gasteiger partial charge in [-0.15, -0.1) is 0 Å². The number of nitrogens with two attached hydrogens (primary N) is 1. The van der Waals surface area contributed by atoms with Crippen molar-refractivity contribution in [3.05, 3.63) is 5.56 Å². The van der Waals surface area contributed by atoms with Gasteiger partial charge in [0, 0.05) is 20.1 Å². The van der Waals surface area contributed by atoms with Crippen LogP contribution in [0.15, 0.2) is 0 Å². The number of piperidine rings is 1. The molecular weight excluding hydrogens is 293 g/mol. The first-order chi connectivity index (χ1) is 9.34. The number of nitrogens with one attached hydrogen (secondary N) is 1. The summed E-state index contributed by atoms with van der Waals surface area (Å²) < 4.78 is 42.3. The molecule has 0 saturated carbocycles. The highest BCUT2D eigenvalue weighted by molar-refractivity contribution is 7.11. The van der Waals surface area contributed by atoms with E-state index in [1.54, 1.807) is 4.90 Å². The number of carbonyl (C=O) groups is 1. The zero-order chi connectivity index (χ0) is 14.9. The lowest BCUT2D eigenvalue weighted by Crippen LogP contribution is -2.42. The summed E-state index contributed by atoms with van der Waals surface area (Å²) in [5.41, 5.74) is 5.80. The van der Waals surface area contributed by atoms with Crippen LogP contribution in [-0.4, -0.2) is 36.6 Å². The first-order valence-electron chi connectivity index (χ1n) is 6.13. The number of anilines is 2. The Morgan fingerprint density at radius 1 is 1.55 bits per heavy atom. The Labute approximate surface area is 118 Å². The van der Waals surface area contributed by atoms with E-state index in [9.17, 15) is 18.0 Å². The van der Waals surface area contributed by atoms with Gasteiger partial charge in [-0.2, -0.15) is 17.5 Å². The van der Waals surface area contributed by atoms with Crippen molar-refractivity contribution in [1.29, 1.82) is 0 Å². The van der Waals surface area contributed by atoms with E-state index >= 15 is 0 Å². The zero-order valence-corrected chi connectivity index (χ0v) is 11.6. The van der Waals surface area contributed by atoms with Crippen molar-refractivity contribution in [1.82, 2.24) is 9.69 Å². The molecule has 0 spiro atoms. The quantitative estimate of drug-likeness (QED) is 0.875. The second kappa shape index (κ2) is 5.47. The number of amides is 1. The molecule has 20 heavy (non-hydrogen) atoms. The standard InChI is InChI=1S/C11H15F3N4OS/c1-16-9(19)7-8(15)17-20-10(7)18-4-2-3-6(5-18)11(12,13)14/h6H,2-5H2,1H3,(H2,15,17)(H,16,19). The van der Waals surface area contributed by atoms with Crippen molar-refractivity contribution in [3.8, 4) is 0 Å². The van der Waals surface area contributed by atoms with Crippen LogP contribution in [0.4, 0.5) is 24.0 Å². The van der Waals surface area contributed by atoms with Gasteiger partial charge < -0.3 is 16.0 Å². The third-order valence-electron chi connectivity index (χ3n) is 3.33. The van der Waals surface area contributed by atoms with Gasteiger partial charge in [0.05, 0.1) is 5.92 Å². The normalized spacial score (nSPS) is 20.0. The molecule has 0 aromatic carbocycles. The Balaban J connectivity index is 2.26. The summed E-state index contributed by atoms with van der Waals surface area (Å²) in [7, 11) is 1.44. The molecule has 1 aliphatic heterocycles. The lowest BCUT2D eigenvalue weighted by molar-refractivity contribution is -0.175. The topological polar surface area (TPSA) is 71.2 Å². The van der Waals surface area contributed by atoms with Crippen molar-refractivity contribution >= 4 is 28.3 Å². The van der Waals surface area contributed by atoms with Gasteiger partial charge >= 0.3 is 6.18 Å². The van der Waals surface area contributed by atoms with Gasteiger partial charge in [-0.25, -0.2) is 0 Å². The molecular formula is C11H15F3N4OS. The van der Waals surface area contributed by atoms with Gasteiger partial charge in [0.2, 0.25) is 0 Å². The van der Waals surface area contributed by atoms with Crippen LogP contribution in [0.2, 0.25) is 0 Å². The van der Waals surface area contributed by atoms with Gasteiger partial charge in [0.25, 0.3) is 5.91 Å². The molecule has 1 saturated heterocycles. The Morgan fingerprint density at radius 3 is 2.85 bits per heavy atom. The maximum atomic E-state index is 12.8. The Hall–Kier alpha value is -1.51. The molecule has 5 nitrogen and oxygen atoms in total. The lowest BCUT2D eigenvalue weighted by Gasteiger charge is -2.34. The SMILES string of the molecule is CNC(=O)c1c(N)nsc1N1CCCC(C(F)(F)F)C1. The van der Waals surface area contributed by atoms with Gasteiger partial charge in [0.15, 0.2) is 5.82 Å². The largest absolute Gasteiger partial charge is 0.393 e. The van der Waals surface area contributed by atoms with Crippen molar-refractivity contribution in [3.63, 3.8) is 0 Å². The summed E-state index contributed by atoms with van der Waals surface area (Å²) in [4.78, 5) is 13.3. The van der Waals surface area contributed by atoms with Crippen LogP contribution in [0.25, 0.3) is 0 Å². The molecule has 2 heterocycles. The first-order valence-corrected chi connectivity index (χ1v) is 6.90. The van der Waals surface area contributed by atoms with Crippen molar-refractivity contribution < 1.29 is 18.0 Å². The average Bonchev–Trinajstić information content (AvgIpc) is 2.79. The van der Waals surface area contributed by atoms with Crippen molar-refractivity contribution in [2.45, 2.75) is 19.0 Å². The maximum Gasteiger partial charge on any atom is 0.393 e. The number of rotatable bonds is 2. The van der Waals surface area contributed by atoms with Gasteiger partial charge in [0.1, 0.15) is 10.6 Å². The number of nitrogens with zero attached hydrogens (tertiary/aromatic N) is 2. The smallest absolute Gasteiger partial charge is 0.382 e. The van der Waals surface area contributed by atoms with Gasteiger partial charge in [-0.3, -0.25) is 4.79 Å². The minimum absolute atomic E-state index is 0.0542. The molecule has 3 N–H and O–H groups in total. The summed E-state index contributed by atoms with van der Waals surface area (Å²) in [5.74, 6) is -1.75. The Bertz CT molecular complexity index is 502. The third kappa shape index (κ3) is 2.82. The van der Waals surface area contributed by atoms with E-state index in [-0.39, 0.29) is 24.3 Å². The number of alkyl halides is 3. The number of nitrogen functional groups attached to an aromatic ring is 1. The van der Waals surface area contributed by atoms with E-state index in [0.29, 0.717) is 18.0 Å². The van der Waals surface area contributed by atoms with Crippen LogP contribution < -0.4 is 16.0 Å². The molecule has 1 atom stereocenters. The van der Waals surface area contributed by atoms with Crippen LogP contribution in [0.3, 0.4) is 0 Å². The minimum atomic E-state index is -4.22. The van der Waals surface area contributed by atoms with Crippen LogP contribution in [0.1, 0.15) is 23.2 Å². The first kappa shape index (κ1) is 14.9. The van der Waals surface area contributed by atoms with E-state index in [4.69, 9.17) is 5.73 Å². The summed E-state index contributed by atoms with van der Waals surface area (Å²) in [6.45, 7) is 0.313. The molecule has 1 amide bonds. The lowest BCUT2D eigenvalue weighted by atomic mass is 9.97. The highest BCUT2D eigenvalue weighted by Crippen LogP contribution is 2.38. The number of halogens is 3. The summed E-state index contributed by atoms with van der Waals surface area (Å²) in [6.07, 6.45) is -3.68. The third-order valence-corrected chi connectivity index (χ3v) is 4.25. The highest BCUT2D eigenvalue weighted by atomic mass is 32.1. The number of hydrogen-bond donors (Lipinski definition) is 2. The van der Waals surface area contributed by atoms with Crippen molar-refractivity contribution in [2.24, 2.45) is 5.92 Å². The second-order valence-corrected chi connectivity index (χ2v) is 5.41. The Kier molecular flexibility index (Phi) is 4.07. The molecule has 9 heteroatoms. The fraction of sp³-hybridized carbons (Fsp3) is 0.636. The van der Waals surface area contributed by atoms with Crippen LogP contribution in [0.5, 0.6) is 0 Å². The molecule has 1 fully saturated rings. The minimum Gasteiger partial charge on any atom is -0.382 e. The fourth-order valence-electron chi connectivity index (χ4n) is 2.28. The van der Waals surface area contributed by atoms with Crippen LogP contribution in [-0.2, 0) is 0 Å². The predicted octanol–water partition coefficient (Wildman–Crippen LogP) is 1.86. The monoisotopic (exact) mass is 308 g/mol. The average molecular weight is 308 g/mol. The van der Waals surface area contributed by atoms with E-state index < -0.39 is 18.0 Å². The van der Waals surface area contributed by atoms with E-state index in [0.717, 1.165) is 11.5 Å². The molecule has 0 aliphatic carbocycles. The molecule has 112 valence electrons. The molecule has 0 radical (unpaired) electrons. The highest BCUT2D eigenvalue weighted by Gasteiger charge is 2.42. The number of aromatic nitrogens is 1. The van der Waals surface area contributed by atoms with Crippen molar-refractivity contribution in [2.75, 3.05) is 30.8 Å². The van der Waals surface area contributed by atoms with Gasteiger partial charge in [-0.05, 0) is 24.4 Å². The summed E-state index contributed by atoms with van der Waals surface area (Å²) in [6, 6.07) is 0. The zero-order valence-electron chi connectivity index (χ0n) is 10.8. The Morgan fingerprint density at radius 2 is 2.25 bits per heavy atom. The molecule has 1 aromatic heterocycles. The van der Waals surface area contributed by atoms with Crippen LogP contribution >= 0.6 is 11.5 Å².